The van der Waals surface area contributed by atoms with Gasteiger partial charge in [-0.2, -0.15) is 0 Å². The van der Waals surface area contributed by atoms with Crippen molar-refractivity contribution in [2.75, 3.05) is 6.54 Å². The van der Waals surface area contributed by atoms with Crippen molar-refractivity contribution in [3.8, 4) is 5.69 Å². The van der Waals surface area contributed by atoms with Crippen LogP contribution in [0.3, 0.4) is 0 Å². The Labute approximate surface area is 121 Å². The van der Waals surface area contributed by atoms with Gasteiger partial charge < -0.3 is 10.4 Å². The van der Waals surface area contributed by atoms with E-state index in [1.807, 2.05) is 31.2 Å². The number of rotatable bonds is 5. The van der Waals surface area contributed by atoms with Crippen molar-refractivity contribution >= 4 is 11.9 Å². The Hall–Kier alpha value is -2.70. The summed E-state index contributed by atoms with van der Waals surface area (Å²) in [5.74, 6) is -2.05. The Kier molecular flexibility index (Phi) is 4.32. The highest BCUT2D eigenvalue weighted by Crippen LogP contribution is 2.09. The number of carbonyl (C=O) groups excluding carboxylic acids is 1. The molecule has 0 aliphatic carbocycles. The summed E-state index contributed by atoms with van der Waals surface area (Å²) in [5, 5.41) is 19.0. The molecule has 7 heteroatoms. The first kappa shape index (κ1) is 14.7. The molecule has 2 N–H and O–H groups in total. The van der Waals surface area contributed by atoms with Crippen molar-refractivity contribution < 1.29 is 14.7 Å². The third-order valence-corrected chi connectivity index (χ3v) is 2.98. The highest BCUT2D eigenvalue weighted by molar-refractivity contribution is 5.92. The second kappa shape index (κ2) is 6.17. The van der Waals surface area contributed by atoms with Crippen LogP contribution >= 0.6 is 0 Å². The molecular weight excluding hydrogens is 272 g/mol. The van der Waals surface area contributed by atoms with E-state index in [1.165, 1.54) is 17.8 Å². The Morgan fingerprint density at radius 3 is 2.86 bits per heavy atom. The standard InChI is InChI=1S/C14H16N4O3/c1-9-4-3-5-11(6-9)18-8-12(16-17-18)13(19)15-7-10(2)14(20)21/h3-6,8,10H,7H2,1-2H3,(H,15,19)(H,20,21). The van der Waals surface area contributed by atoms with Crippen LogP contribution in [-0.2, 0) is 4.79 Å². The summed E-state index contributed by atoms with van der Waals surface area (Å²) in [6.45, 7) is 3.53. The van der Waals surface area contributed by atoms with E-state index in [1.54, 1.807) is 0 Å². The summed E-state index contributed by atoms with van der Waals surface area (Å²) in [6, 6.07) is 7.63. The molecule has 1 heterocycles. The van der Waals surface area contributed by atoms with Crippen molar-refractivity contribution in [1.82, 2.24) is 20.3 Å². The van der Waals surface area contributed by atoms with Gasteiger partial charge in [-0.15, -0.1) is 5.10 Å². The summed E-state index contributed by atoms with van der Waals surface area (Å²) in [4.78, 5) is 22.5. The van der Waals surface area contributed by atoms with Crippen molar-refractivity contribution in [2.45, 2.75) is 13.8 Å². The van der Waals surface area contributed by atoms with Gasteiger partial charge >= 0.3 is 5.97 Å². The first-order chi connectivity index (χ1) is 9.97. The zero-order valence-electron chi connectivity index (χ0n) is 11.8. The number of hydrogen-bond donors (Lipinski definition) is 2. The molecule has 1 atom stereocenters. The summed E-state index contributed by atoms with van der Waals surface area (Å²) >= 11 is 0. The van der Waals surface area contributed by atoms with Crippen LogP contribution in [0.5, 0.6) is 0 Å². The molecule has 0 bridgehead atoms. The second-order valence-electron chi connectivity index (χ2n) is 4.84. The van der Waals surface area contributed by atoms with Gasteiger partial charge in [-0.3, -0.25) is 9.59 Å². The van der Waals surface area contributed by atoms with Crippen LogP contribution in [0.4, 0.5) is 0 Å². The average molecular weight is 288 g/mol. The molecule has 7 nitrogen and oxygen atoms in total. The summed E-state index contributed by atoms with van der Waals surface area (Å²) in [7, 11) is 0. The average Bonchev–Trinajstić information content (AvgIpc) is 2.94. The highest BCUT2D eigenvalue weighted by Gasteiger charge is 2.15. The SMILES string of the molecule is Cc1cccc(-n2cc(C(=O)NCC(C)C(=O)O)nn2)c1. The molecule has 0 aliphatic rings. The molecule has 2 aromatic rings. The molecule has 0 fully saturated rings. The van der Waals surface area contributed by atoms with Crippen molar-refractivity contribution in [2.24, 2.45) is 5.92 Å². The fraction of sp³-hybridized carbons (Fsp3) is 0.286. The molecule has 0 saturated carbocycles. The summed E-state index contributed by atoms with van der Waals surface area (Å²) in [5.41, 5.74) is 2.03. The molecule has 1 aromatic heterocycles. The van der Waals surface area contributed by atoms with Crippen molar-refractivity contribution in [3.63, 3.8) is 0 Å². The molecule has 0 aliphatic heterocycles. The molecule has 1 aromatic carbocycles. The van der Waals surface area contributed by atoms with Crippen LogP contribution in [0.2, 0.25) is 0 Å². The second-order valence-corrected chi connectivity index (χ2v) is 4.84. The van der Waals surface area contributed by atoms with Gasteiger partial charge in [0.25, 0.3) is 5.91 Å². The monoisotopic (exact) mass is 288 g/mol. The Morgan fingerprint density at radius 1 is 1.43 bits per heavy atom. The molecule has 1 amide bonds. The zero-order valence-corrected chi connectivity index (χ0v) is 11.8. The van der Waals surface area contributed by atoms with Crippen LogP contribution in [0.15, 0.2) is 30.5 Å². The van der Waals surface area contributed by atoms with Crippen molar-refractivity contribution in [3.05, 3.63) is 41.7 Å². The number of carbonyl (C=O) groups is 2. The lowest BCUT2D eigenvalue weighted by Gasteiger charge is -2.06. The Bertz CT molecular complexity index is 666. The molecule has 2 rings (SSSR count). The molecule has 0 radical (unpaired) electrons. The molecule has 21 heavy (non-hydrogen) atoms. The van der Waals surface area contributed by atoms with Gasteiger partial charge in [0, 0.05) is 6.54 Å². The largest absolute Gasteiger partial charge is 0.481 e. The lowest BCUT2D eigenvalue weighted by Crippen LogP contribution is -2.31. The van der Waals surface area contributed by atoms with Gasteiger partial charge in [0.2, 0.25) is 0 Å². The molecule has 0 spiro atoms. The number of carboxylic acid groups (broad SMARTS) is 1. The van der Waals surface area contributed by atoms with Gasteiger partial charge in [-0.25, -0.2) is 4.68 Å². The van der Waals surface area contributed by atoms with E-state index < -0.39 is 17.8 Å². The molecule has 0 saturated heterocycles. The predicted octanol–water partition coefficient (Wildman–Crippen LogP) is 1.03. The predicted molar refractivity (Wildman–Crippen MR) is 75.2 cm³/mol. The van der Waals surface area contributed by atoms with Crippen LogP contribution < -0.4 is 5.32 Å². The zero-order chi connectivity index (χ0) is 15.4. The van der Waals surface area contributed by atoms with E-state index in [-0.39, 0.29) is 12.2 Å². The number of aliphatic carboxylic acids is 1. The Balaban J connectivity index is 2.06. The smallest absolute Gasteiger partial charge is 0.308 e. The van der Waals surface area contributed by atoms with Crippen LogP contribution in [0.1, 0.15) is 23.0 Å². The molecule has 110 valence electrons. The molecule has 1 unspecified atom stereocenters. The maximum Gasteiger partial charge on any atom is 0.308 e. The van der Waals surface area contributed by atoms with Crippen LogP contribution in [-0.4, -0.2) is 38.5 Å². The van der Waals surface area contributed by atoms with E-state index in [4.69, 9.17) is 5.11 Å². The Morgan fingerprint density at radius 2 is 2.19 bits per heavy atom. The normalized spacial score (nSPS) is 11.9. The number of aryl methyl sites for hydroxylation is 1. The summed E-state index contributed by atoms with van der Waals surface area (Å²) in [6.07, 6.45) is 1.51. The third-order valence-electron chi connectivity index (χ3n) is 2.98. The third kappa shape index (κ3) is 3.65. The number of nitrogens with one attached hydrogen (secondary N) is 1. The van der Waals surface area contributed by atoms with Crippen LogP contribution in [0, 0.1) is 12.8 Å². The highest BCUT2D eigenvalue weighted by atomic mass is 16.4. The quantitative estimate of drug-likeness (QED) is 0.856. The number of hydrogen-bond acceptors (Lipinski definition) is 4. The summed E-state index contributed by atoms with van der Waals surface area (Å²) < 4.78 is 1.50. The van der Waals surface area contributed by atoms with Gasteiger partial charge in [-0.1, -0.05) is 24.3 Å². The number of nitrogens with zero attached hydrogens (tertiary/aromatic N) is 3. The first-order valence-electron chi connectivity index (χ1n) is 6.48. The van der Waals surface area contributed by atoms with Gasteiger partial charge in [0.05, 0.1) is 17.8 Å². The topological polar surface area (TPSA) is 97.1 Å². The lowest BCUT2D eigenvalue weighted by molar-refractivity contribution is -0.140. The minimum Gasteiger partial charge on any atom is -0.481 e. The van der Waals surface area contributed by atoms with E-state index in [0.717, 1.165) is 11.3 Å². The fourth-order valence-corrected chi connectivity index (χ4v) is 1.69. The van der Waals surface area contributed by atoms with E-state index >= 15 is 0 Å². The van der Waals surface area contributed by atoms with Gasteiger partial charge in [0.15, 0.2) is 5.69 Å². The van der Waals surface area contributed by atoms with Crippen molar-refractivity contribution in [1.29, 1.82) is 0 Å². The minimum atomic E-state index is -0.960. The first-order valence-corrected chi connectivity index (χ1v) is 6.48. The maximum atomic E-state index is 11.9. The van der Waals surface area contributed by atoms with Gasteiger partial charge in [0.1, 0.15) is 0 Å². The van der Waals surface area contributed by atoms with Gasteiger partial charge in [-0.05, 0) is 24.6 Å². The lowest BCUT2D eigenvalue weighted by atomic mass is 10.2. The maximum absolute atomic E-state index is 11.9. The minimum absolute atomic E-state index is 0.0471. The fourth-order valence-electron chi connectivity index (χ4n) is 1.69. The van der Waals surface area contributed by atoms with E-state index in [0.29, 0.717) is 0 Å². The van der Waals surface area contributed by atoms with E-state index in [2.05, 4.69) is 15.6 Å². The molecular formula is C14H16N4O3. The van der Waals surface area contributed by atoms with Crippen LogP contribution in [0.25, 0.3) is 5.69 Å². The number of carboxylic acids is 1. The number of amides is 1. The van der Waals surface area contributed by atoms with E-state index in [9.17, 15) is 9.59 Å². The number of aromatic nitrogens is 3. The number of benzene rings is 1.